The Bertz CT molecular complexity index is 678. The third-order valence-corrected chi connectivity index (χ3v) is 6.50. The molecule has 0 bridgehead atoms. The van der Waals surface area contributed by atoms with Crippen molar-refractivity contribution >= 4 is 31.9 Å². The molecule has 0 saturated carbocycles. The van der Waals surface area contributed by atoms with Gasteiger partial charge in [0, 0.05) is 10.5 Å². The third-order valence-electron chi connectivity index (χ3n) is 3.80. The summed E-state index contributed by atoms with van der Waals surface area (Å²) in [5.41, 5.74) is 0.0952. The van der Waals surface area contributed by atoms with Crippen molar-refractivity contribution in [1.29, 1.82) is 0 Å². The van der Waals surface area contributed by atoms with Crippen LogP contribution in [0.5, 0.6) is 0 Å². The Morgan fingerprint density at radius 2 is 1.68 bits per heavy atom. The predicted octanol–water partition coefficient (Wildman–Crippen LogP) is 4.47. The number of hydrogen-bond acceptors (Lipinski definition) is 4. The zero-order valence-corrected chi connectivity index (χ0v) is 18.1. The van der Waals surface area contributed by atoms with Crippen LogP contribution in [0.3, 0.4) is 0 Å². The minimum Gasteiger partial charge on any atom is -0.444 e. The molecule has 5 nitrogen and oxygen atoms in total. The number of sulfone groups is 1. The summed E-state index contributed by atoms with van der Waals surface area (Å²) >= 11 is 3.34. The summed E-state index contributed by atoms with van der Waals surface area (Å²) in [7, 11) is -3.45. The zero-order chi connectivity index (χ0) is 19.4. The summed E-state index contributed by atoms with van der Waals surface area (Å²) in [4.78, 5) is 12.0. The van der Waals surface area contributed by atoms with Gasteiger partial charge in [-0.2, -0.15) is 0 Å². The number of alkyl carbamates (subject to hydrolysis) is 1. The van der Waals surface area contributed by atoms with Gasteiger partial charge in [0.25, 0.3) is 0 Å². The van der Waals surface area contributed by atoms with Crippen molar-refractivity contribution in [3.8, 4) is 0 Å². The van der Waals surface area contributed by atoms with E-state index in [0.29, 0.717) is 0 Å². The van der Waals surface area contributed by atoms with Crippen LogP contribution in [-0.4, -0.2) is 31.9 Å². The number of amides is 1. The normalized spacial score (nSPS) is 14.9. The lowest BCUT2D eigenvalue weighted by Gasteiger charge is -2.26. The number of hydrogen-bond donors (Lipinski definition) is 1. The molecule has 0 heterocycles. The van der Waals surface area contributed by atoms with E-state index >= 15 is 0 Å². The molecule has 0 saturated heterocycles. The maximum atomic E-state index is 12.8. The molecule has 0 aliphatic heterocycles. The third kappa shape index (κ3) is 7.36. The molecule has 0 aliphatic rings. The topological polar surface area (TPSA) is 72.5 Å². The van der Waals surface area contributed by atoms with E-state index in [1.807, 2.05) is 26.0 Å². The molecule has 0 aliphatic carbocycles. The number of ether oxygens (including phenoxy) is 1. The van der Waals surface area contributed by atoms with Gasteiger partial charge in [0.1, 0.15) is 5.60 Å². The van der Waals surface area contributed by atoms with Crippen LogP contribution in [0.4, 0.5) is 4.79 Å². The van der Waals surface area contributed by atoms with Gasteiger partial charge < -0.3 is 10.1 Å². The van der Waals surface area contributed by atoms with Crippen molar-refractivity contribution in [2.75, 3.05) is 5.75 Å². The molecule has 25 heavy (non-hydrogen) atoms. The first-order valence-electron chi connectivity index (χ1n) is 8.28. The SMILES string of the molecule is CC(C)[C@@H](CS(=O)(=O)C(C)c1ccc(Br)cc1)NC(=O)OC(C)(C)C. The second-order valence-corrected chi connectivity index (χ2v) is 10.8. The van der Waals surface area contributed by atoms with Gasteiger partial charge in [-0.3, -0.25) is 0 Å². The standard InChI is InChI=1S/C18H28BrNO4S/c1-12(2)16(20-17(21)24-18(4,5)6)11-25(22,23)13(3)14-7-9-15(19)10-8-14/h7-10,12-13,16H,11H2,1-6H3,(H,20,21)/t13?,16-/m1/s1. The largest absolute Gasteiger partial charge is 0.444 e. The highest BCUT2D eigenvalue weighted by Crippen LogP contribution is 2.25. The molecular weight excluding hydrogens is 406 g/mol. The summed E-state index contributed by atoms with van der Waals surface area (Å²) < 4.78 is 31.7. The fourth-order valence-electron chi connectivity index (χ4n) is 2.20. The smallest absolute Gasteiger partial charge is 0.407 e. The number of carbonyl (C=O) groups excluding carboxylic acids is 1. The lowest BCUT2D eigenvalue weighted by molar-refractivity contribution is 0.0497. The molecule has 1 aromatic rings. The second-order valence-electron chi connectivity index (χ2n) is 7.52. The molecule has 0 aromatic heterocycles. The lowest BCUT2D eigenvalue weighted by atomic mass is 10.1. The predicted molar refractivity (Wildman–Crippen MR) is 104 cm³/mol. The maximum absolute atomic E-state index is 12.8. The van der Waals surface area contributed by atoms with Crippen LogP contribution >= 0.6 is 15.9 Å². The van der Waals surface area contributed by atoms with Crippen molar-refractivity contribution in [2.45, 2.75) is 58.4 Å². The number of nitrogens with one attached hydrogen (secondary N) is 1. The molecule has 1 aromatic carbocycles. The molecule has 1 rings (SSSR count). The van der Waals surface area contributed by atoms with E-state index in [4.69, 9.17) is 4.74 Å². The zero-order valence-electron chi connectivity index (χ0n) is 15.7. The molecule has 0 fully saturated rings. The van der Waals surface area contributed by atoms with E-state index in [2.05, 4.69) is 21.2 Å². The summed E-state index contributed by atoms with van der Waals surface area (Å²) in [5.74, 6) is -0.180. The summed E-state index contributed by atoms with van der Waals surface area (Å²) in [6, 6.07) is 6.70. The summed E-state index contributed by atoms with van der Waals surface area (Å²) in [6.07, 6.45) is -0.599. The summed E-state index contributed by atoms with van der Waals surface area (Å²) in [5, 5.41) is 2.05. The molecule has 0 spiro atoms. The van der Waals surface area contributed by atoms with Crippen molar-refractivity contribution in [1.82, 2.24) is 5.32 Å². The first-order chi connectivity index (χ1) is 11.3. The highest BCUT2D eigenvalue weighted by molar-refractivity contribution is 9.10. The van der Waals surface area contributed by atoms with Gasteiger partial charge in [-0.05, 0) is 51.3 Å². The minimum atomic E-state index is -3.45. The van der Waals surface area contributed by atoms with E-state index in [1.54, 1.807) is 39.8 Å². The Morgan fingerprint density at radius 3 is 2.12 bits per heavy atom. The van der Waals surface area contributed by atoms with E-state index in [1.165, 1.54) is 0 Å². The van der Waals surface area contributed by atoms with Gasteiger partial charge >= 0.3 is 6.09 Å². The van der Waals surface area contributed by atoms with E-state index in [0.717, 1.165) is 10.0 Å². The molecular formula is C18H28BrNO4S. The number of halogens is 1. The average Bonchev–Trinajstić information content (AvgIpc) is 2.44. The van der Waals surface area contributed by atoms with E-state index < -0.39 is 32.8 Å². The average molecular weight is 434 g/mol. The monoisotopic (exact) mass is 433 g/mol. The number of rotatable bonds is 6. The van der Waals surface area contributed by atoms with E-state index in [9.17, 15) is 13.2 Å². The maximum Gasteiger partial charge on any atom is 0.407 e. The fraction of sp³-hybridized carbons (Fsp3) is 0.611. The Kier molecular flexibility index (Phi) is 7.50. The van der Waals surface area contributed by atoms with Crippen molar-refractivity contribution in [3.05, 3.63) is 34.3 Å². The van der Waals surface area contributed by atoms with Crippen LogP contribution in [0.15, 0.2) is 28.7 Å². The second kappa shape index (κ2) is 8.54. The quantitative estimate of drug-likeness (QED) is 0.717. The molecule has 2 atom stereocenters. The van der Waals surface area contributed by atoms with Crippen LogP contribution in [-0.2, 0) is 14.6 Å². The van der Waals surface area contributed by atoms with Crippen LogP contribution < -0.4 is 5.32 Å². The highest BCUT2D eigenvalue weighted by atomic mass is 79.9. The molecule has 1 N–H and O–H groups in total. The minimum absolute atomic E-state index is 0.0422. The van der Waals surface area contributed by atoms with Gasteiger partial charge in [-0.1, -0.05) is 41.9 Å². The van der Waals surface area contributed by atoms with Crippen molar-refractivity contribution < 1.29 is 17.9 Å². The van der Waals surface area contributed by atoms with Crippen molar-refractivity contribution in [2.24, 2.45) is 5.92 Å². The first kappa shape index (κ1) is 22.0. The Balaban J connectivity index is 2.88. The Hall–Kier alpha value is -1.08. The number of benzene rings is 1. The van der Waals surface area contributed by atoms with Gasteiger partial charge in [-0.25, -0.2) is 13.2 Å². The Morgan fingerprint density at radius 1 is 1.16 bits per heavy atom. The molecule has 1 unspecified atom stereocenters. The van der Waals surface area contributed by atoms with Gasteiger partial charge in [0.2, 0.25) is 0 Å². The fourth-order valence-corrected chi connectivity index (χ4v) is 4.29. The van der Waals surface area contributed by atoms with Gasteiger partial charge in [0.05, 0.1) is 11.0 Å². The van der Waals surface area contributed by atoms with Crippen LogP contribution in [0.25, 0.3) is 0 Å². The van der Waals surface area contributed by atoms with Gasteiger partial charge in [0.15, 0.2) is 9.84 Å². The molecule has 1 amide bonds. The van der Waals surface area contributed by atoms with Gasteiger partial charge in [-0.15, -0.1) is 0 Å². The van der Waals surface area contributed by atoms with Crippen LogP contribution in [0, 0.1) is 5.92 Å². The highest BCUT2D eigenvalue weighted by Gasteiger charge is 2.30. The number of carbonyl (C=O) groups is 1. The Labute approximate surface area is 159 Å². The summed E-state index contributed by atoms with van der Waals surface area (Å²) in [6.45, 7) is 10.7. The molecule has 0 radical (unpaired) electrons. The lowest BCUT2D eigenvalue weighted by Crippen LogP contribution is -2.45. The first-order valence-corrected chi connectivity index (χ1v) is 10.8. The van der Waals surface area contributed by atoms with E-state index in [-0.39, 0.29) is 11.7 Å². The van der Waals surface area contributed by atoms with Crippen LogP contribution in [0.2, 0.25) is 0 Å². The molecule has 7 heteroatoms. The molecule has 142 valence electrons. The van der Waals surface area contributed by atoms with Crippen molar-refractivity contribution in [3.63, 3.8) is 0 Å². The van der Waals surface area contributed by atoms with Crippen LogP contribution in [0.1, 0.15) is 52.4 Å².